The van der Waals surface area contributed by atoms with Gasteiger partial charge in [-0.15, -0.1) is 0 Å². The van der Waals surface area contributed by atoms with Crippen LogP contribution >= 0.6 is 0 Å². The normalized spacial score (nSPS) is 24.9. The van der Waals surface area contributed by atoms with Gasteiger partial charge in [0.15, 0.2) is 0 Å². The molecule has 76 valence electrons. The first-order valence-electron chi connectivity index (χ1n) is 5.19. The summed E-state index contributed by atoms with van der Waals surface area (Å²) in [6.45, 7) is 3.30. The first-order chi connectivity index (χ1) is 6.75. The van der Waals surface area contributed by atoms with Gasteiger partial charge in [-0.2, -0.15) is 0 Å². The molecule has 0 spiro atoms. The summed E-state index contributed by atoms with van der Waals surface area (Å²) in [6, 6.07) is 4.65. The highest BCUT2D eigenvalue weighted by molar-refractivity contribution is 5.34. The summed E-state index contributed by atoms with van der Waals surface area (Å²) in [4.78, 5) is 4.25. The Labute approximate surface area is 84.7 Å². The number of nitrogen functional groups attached to an aromatic ring is 1. The van der Waals surface area contributed by atoms with Crippen LogP contribution in [-0.2, 0) is 6.42 Å². The maximum Gasteiger partial charge on any atom is 0.0501 e. The Hall–Kier alpha value is -1.09. The molecule has 2 rings (SSSR count). The summed E-state index contributed by atoms with van der Waals surface area (Å²) in [6.07, 6.45) is 4.04. The summed E-state index contributed by atoms with van der Waals surface area (Å²) in [5.74, 6) is 0.870. The fourth-order valence-corrected chi connectivity index (χ4v) is 1.58. The minimum absolute atomic E-state index is 0.734. The average Bonchev–Trinajstić information content (AvgIpc) is 2.86. The Kier molecular flexibility index (Phi) is 2.68. The van der Waals surface area contributed by atoms with Gasteiger partial charge >= 0.3 is 0 Å². The summed E-state index contributed by atoms with van der Waals surface area (Å²) in [5, 5.41) is 3.50. The van der Waals surface area contributed by atoms with Crippen LogP contribution in [0.5, 0.6) is 0 Å². The van der Waals surface area contributed by atoms with Crippen molar-refractivity contribution in [2.24, 2.45) is 5.92 Å². The number of rotatable bonds is 4. The molecule has 14 heavy (non-hydrogen) atoms. The number of hydrogen-bond donors (Lipinski definition) is 2. The van der Waals surface area contributed by atoms with Gasteiger partial charge in [0.05, 0.1) is 11.9 Å². The van der Waals surface area contributed by atoms with Crippen molar-refractivity contribution in [3.8, 4) is 0 Å². The van der Waals surface area contributed by atoms with Crippen molar-refractivity contribution in [3.05, 3.63) is 24.0 Å². The van der Waals surface area contributed by atoms with E-state index in [1.54, 1.807) is 6.20 Å². The molecule has 2 atom stereocenters. The summed E-state index contributed by atoms with van der Waals surface area (Å²) >= 11 is 0. The molecule has 1 aromatic heterocycles. The Morgan fingerprint density at radius 1 is 1.57 bits per heavy atom. The van der Waals surface area contributed by atoms with Crippen molar-refractivity contribution in [3.63, 3.8) is 0 Å². The second kappa shape index (κ2) is 3.96. The highest BCUT2D eigenvalue weighted by Crippen LogP contribution is 2.28. The molecule has 3 heteroatoms. The maximum absolute atomic E-state index is 5.55. The molecule has 1 aliphatic carbocycles. The Morgan fingerprint density at radius 2 is 2.36 bits per heavy atom. The minimum atomic E-state index is 0.734. The molecule has 0 saturated heterocycles. The fourth-order valence-electron chi connectivity index (χ4n) is 1.58. The monoisotopic (exact) mass is 191 g/mol. The van der Waals surface area contributed by atoms with Gasteiger partial charge in [0, 0.05) is 24.7 Å². The number of pyridine rings is 1. The molecular formula is C11H17N3. The van der Waals surface area contributed by atoms with E-state index in [2.05, 4.69) is 17.2 Å². The molecule has 2 unspecified atom stereocenters. The van der Waals surface area contributed by atoms with Crippen molar-refractivity contribution in [2.75, 3.05) is 12.3 Å². The first kappa shape index (κ1) is 9.46. The molecule has 0 aliphatic heterocycles. The molecule has 0 aromatic carbocycles. The number of aromatic nitrogens is 1. The summed E-state index contributed by atoms with van der Waals surface area (Å²) in [7, 11) is 0. The maximum atomic E-state index is 5.55. The molecule has 1 aromatic rings. The van der Waals surface area contributed by atoms with Crippen LogP contribution in [-0.4, -0.2) is 17.6 Å². The predicted octanol–water partition coefficient (Wildman–Crippen LogP) is 1.20. The van der Waals surface area contributed by atoms with Crippen molar-refractivity contribution >= 4 is 5.69 Å². The van der Waals surface area contributed by atoms with Crippen LogP contribution in [0.15, 0.2) is 18.3 Å². The van der Waals surface area contributed by atoms with E-state index in [4.69, 9.17) is 5.73 Å². The molecule has 0 radical (unpaired) electrons. The van der Waals surface area contributed by atoms with E-state index >= 15 is 0 Å². The van der Waals surface area contributed by atoms with Gasteiger partial charge in [0.25, 0.3) is 0 Å². The van der Waals surface area contributed by atoms with Gasteiger partial charge in [0.1, 0.15) is 0 Å². The van der Waals surface area contributed by atoms with Gasteiger partial charge in [0.2, 0.25) is 0 Å². The number of nitrogens with zero attached hydrogens (tertiary/aromatic N) is 1. The lowest BCUT2D eigenvalue weighted by atomic mass is 10.2. The molecule has 0 amide bonds. The second-order valence-corrected chi connectivity index (χ2v) is 4.11. The van der Waals surface area contributed by atoms with Gasteiger partial charge in [-0.05, 0) is 24.5 Å². The zero-order valence-electron chi connectivity index (χ0n) is 8.53. The van der Waals surface area contributed by atoms with Crippen molar-refractivity contribution in [1.29, 1.82) is 0 Å². The smallest absolute Gasteiger partial charge is 0.0501 e. The molecule has 1 aliphatic rings. The summed E-state index contributed by atoms with van der Waals surface area (Å²) in [5.41, 5.74) is 7.40. The van der Waals surface area contributed by atoms with E-state index in [-0.39, 0.29) is 0 Å². The topological polar surface area (TPSA) is 50.9 Å². The van der Waals surface area contributed by atoms with E-state index < -0.39 is 0 Å². The molecule has 3 N–H and O–H groups in total. The van der Waals surface area contributed by atoms with Crippen LogP contribution in [0.25, 0.3) is 0 Å². The van der Waals surface area contributed by atoms with E-state index in [9.17, 15) is 0 Å². The van der Waals surface area contributed by atoms with Crippen LogP contribution in [0.4, 0.5) is 5.69 Å². The molecule has 3 nitrogen and oxygen atoms in total. The Bertz CT molecular complexity index is 294. The standard InChI is InChI=1S/C11H17N3/c1-8-6-11(8)13-5-4-10-3-2-9(12)7-14-10/h2-3,7-8,11,13H,4-6,12H2,1H3. The number of hydrogen-bond acceptors (Lipinski definition) is 3. The third-order valence-corrected chi connectivity index (χ3v) is 2.74. The van der Waals surface area contributed by atoms with Crippen molar-refractivity contribution in [1.82, 2.24) is 10.3 Å². The van der Waals surface area contributed by atoms with E-state index in [0.717, 1.165) is 36.3 Å². The lowest BCUT2D eigenvalue weighted by molar-refractivity contribution is 0.645. The van der Waals surface area contributed by atoms with Gasteiger partial charge in [-0.3, -0.25) is 4.98 Å². The van der Waals surface area contributed by atoms with Crippen LogP contribution in [0.3, 0.4) is 0 Å². The third kappa shape index (κ3) is 2.45. The lowest BCUT2D eigenvalue weighted by Gasteiger charge is -2.02. The molecular weight excluding hydrogens is 174 g/mol. The molecule has 0 bridgehead atoms. The van der Waals surface area contributed by atoms with Crippen molar-refractivity contribution < 1.29 is 0 Å². The predicted molar refractivity (Wildman–Crippen MR) is 57.9 cm³/mol. The molecule has 1 fully saturated rings. The quantitative estimate of drug-likeness (QED) is 0.752. The molecule has 1 heterocycles. The number of nitrogens with two attached hydrogens (primary N) is 1. The Morgan fingerprint density at radius 3 is 2.93 bits per heavy atom. The SMILES string of the molecule is CC1CC1NCCc1ccc(N)cn1. The second-order valence-electron chi connectivity index (χ2n) is 4.11. The Balaban J connectivity index is 1.72. The fraction of sp³-hybridized carbons (Fsp3) is 0.545. The van der Waals surface area contributed by atoms with Gasteiger partial charge in [-0.1, -0.05) is 6.92 Å². The van der Waals surface area contributed by atoms with Crippen LogP contribution in [0.1, 0.15) is 19.0 Å². The van der Waals surface area contributed by atoms with Crippen LogP contribution in [0.2, 0.25) is 0 Å². The third-order valence-electron chi connectivity index (χ3n) is 2.74. The van der Waals surface area contributed by atoms with E-state index in [1.165, 1.54) is 6.42 Å². The molecule has 1 saturated carbocycles. The lowest BCUT2D eigenvalue weighted by Crippen LogP contribution is -2.21. The van der Waals surface area contributed by atoms with E-state index in [0.29, 0.717) is 0 Å². The van der Waals surface area contributed by atoms with Crippen LogP contribution in [0, 0.1) is 5.92 Å². The summed E-state index contributed by atoms with van der Waals surface area (Å²) < 4.78 is 0. The average molecular weight is 191 g/mol. The van der Waals surface area contributed by atoms with Crippen molar-refractivity contribution in [2.45, 2.75) is 25.8 Å². The zero-order chi connectivity index (χ0) is 9.97. The number of nitrogens with one attached hydrogen (secondary N) is 1. The van der Waals surface area contributed by atoms with Crippen LogP contribution < -0.4 is 11.1 Å². The van der Waals surface area contributed by atoms with Gasteiger partial charge < -0.3 is 11.1 Å². The zero-order valence-corrected chi connectivity index (χ0v) is 8.53. The van der Waals surface area contributed by atoms with E-state index in [1.807, 2.05) is 12.1 Å². The largest absolute Gasteiger partial charge is 0.397 e. The number of anilines is 1. The highest BCUT2D eigenvalue weighted by Gasteiger charge is 2.31. The highest BCUT2D eigenvalue weighted by atomic mass is 15.0. The minimum Gasteiger partial charge on any atom is -0.397 e. The van der Waals surface area contributed by atoms with Gasteiger partial charge in [-0.25, -0.2) is 0 Å². The first-order valence-corrected chi connectivity index (χ1v) is 5.19.